The topological polar surface area (TPSA) is 113 Å². The Bertz CT molecular complexity index is 1230. The van der Waals surface area contributed by atoms with Gasteiger partial charge in [-0.3, -0.25) is 19.8 Å². The maximum atomic E-state index is 13.0. The van der Waals surface area contributed by atoms with E-state index in [-0.39, 0.29) is 17.9 Å². The molecule has 1 saturated heterocycles. The van der Waals surface area contributed by atoms with E-state index in [1.165, 1.54) is 5.56 Å². The lowest BCUT2D eigenvalue weighted by Crippen LogP contribution is -2.52. The Kier molecular flexibility index (Phi) is 7.05. The highest BCUT2D eigenvalue weighted by Gasteiger charge is 2.45. The minimum absolute atomic E-state index is 0.0178. The van der Waals surface area contributed by atoms with Crippen LogP contribution in [0.4, 0.5) is 0 Å². The highest BCUT2D eigenvalue weighted by molar-refractivity contribution is 5.95. The summed E-state index contributed by atoms with van der Waals surface area (Å²) in [5.41, 5.74) is 4.27. The monoisotopic (exact) mass is 476 g/mol. The van der Waals surface area contributed by atoms with Crippen molar-refractivity contribution < 1.29 is 19.5 Å². The maximum absolute atomic E-state index is 13.0. The van der Waals surface area contributed by atoms with Crippen LogP contribution in [0, 0.1) is 6.92 Å². The zero-order valence-electron chi connectivity index (χ0n) is 20.4. The van der Waals surface area contributed by atoms with E-state index in [9.17, 15) is 9.59 Å². The van der Waals surface area contributed by atoms with Crippen LogP contribution in [-0.2, 0) is 11.2 Å². The molecule has 4 rings (SSSR count). The van der Waals surface area contributed by atoms with E-state index >= 15 is 0 Å². The number of rotatable bonds is 8. The number of carbonyl (C=O) groups is 2. The molecule has 35 heavy (non-hydrogen) atoms. The number of fused-ring (bicyclic) bond motifs is 1. The molecule has 1 fully saturated rings. The average Bonchev–Trinajstić information content (AvgIpc) is 3.12. The molecule has 8 heteroatoms. The molecule has 2 heterocycles. The molecule has 0 spiro atoms. The Hall–Kier alpha value is -3.49. The van der Waals surface area contributed by atoms with Crippen LogP contribution < -0.4 is 20.9 Å². The van der Waals surface area contributed by atoms with Crippen LogP contribution >= 0.6 is 0 Å². The summed E-state index contributed by atoms with van der Waals surface area (Å²) in [5, 5.41) is 16.5. The number of carbonyl (C=O) groups excluding carboxylic acids is 2. The average molecular weight is 477 g/mol. The van der Waals surface area contributed by atoms with Gasteiger partial charge in [0, 0.05) is 35.1 Å². The molecule has 1 atom stereocenters. The van der Waals surface area contributed by atoms with Gasteiger partial charge in [-0.15, -0.1) is 0 Å². The van der Waals surface area contributed by atoms with Crippen LogP contribution in [0.15, 0.2) is 54.6 Å². The highest BCUT2D eigenvalue weighted by Crippen LogP contribution is 2.30. The number of amides is 2. The Morgan fingerprint density at radius 1 is 1.14 bits per heavy atom. The molecule has 1 aliphatic rings. The first-order valence-electron chi connectivity index (χ1n) is 11.8. The summed E-state index contributed by atoms with van der Waals surface area (Å²) < 4.78 is 5.94. The normalized spacial score (nSPS) is 18.9. The largest absolute Gasteiger partial charge is 0.493 e. The number of hydrogen-bond acceptors (Lipinski definition) is 6. The number of ether oxygens (including phenoxy) is 1. The van der Waals surface area contributed by atoms with Crippen molar-refractivity contribution in [3.63, 3.8) is 0 Å². The molecule has 0 aliphatic carbocycles. The molecular formula is C27H32N4O4. The molecule has 3 aromatic rings. The number of aromatic nitrogens is 1. The molecule has 2 amide bonds. The summed E-state index contributed by atoms with van der Waals surface area (Å²) in [6.07, 6.45) is 1.28. The Labute approximate surface area is 205 Å². The van der Waals surface area contributed by atoms with Crippen molar-refractivity contribution in [2.75, 3.05) is 13.2 Å². The summed E-state index contributed by atoms with van der Waals surface area (Å²) in [7, 11) is 0. The van der Waals surface area contributed by atoms with Gasteiger partial charge in [-0.2, -0.15) is 0 Å². The van der Waals surface area contributed by atoms with Gasteiger partial charge in [0.1, 0.15) is 5.75 Å². The standard InChI is InChI=1S/C27H32N4O4/c1-18-14-20(22-6-4-5-7-23(22)29-18)12-13-35-21-10-8-19(9-11-21)25(33)30-27(15-24(32)31-34)16-26(2,3)28-17-27/h4-11,14,28,34H,12-13,15-17H2,1-3H3,(H,30,33)(H,31,32). The number of nitrogens with one attached hydrogen (secondary N) is 3. The molecule has 1 aromatic heterocycles. The highest BCUT2D eigenvalue weighted by atomic mass is 16.5. The number of benzene rings is 2. The van der Waals surface area contributed by atoms with E-state index in [2.05, 4.69) is 27.8 Å². The summed E-state index contributed by atoms with van der Waals surface area (Å²) in [4.78, 5) is 29.4. The van der Waals surface area contributed by atoms with E-state index in [0.717, 1.165) is 23.0 Å². The SMILES string of the molecule is Cc1cc(CCOc2ccc(C(=O)NC3(CC(=O)NO)CNC(C)(C)C3)cc2)c2ccccc2n1. The molecule has 2 aromatic carbocycles. The summed E-state index contributed by atoms with van der Waals surface area (Å²) in [6, 6.07) is 17.1. The first kappa shape index (κ1) is 24.6. The fraction of sp³-hybridized carbons (Fsp3) is 0.370. The van der Waals surface area contributed by atoms with Crippen molar-refractivity contribution in [3.8, 4) is 5.75 Å². The van der Waals surface area contributed by atoms with Gasteiger partial charge in [-0.25, -0.2) is 5.48 Å². The number of para-hydroxylation sites is 1. The number of hydroxylamine groups is 1. The van der Waals surface area contributed by atoms with E-state index in [0.29, 0.717) is 30.9 Å². The second-order valence-electron chi connectivity index (χ2n) is 9.92. The summed E-state index contributed by atoms with van der Waals surface area (Å²) >= 11 is 0. The third kappa shape index (κ3) is 5.96. The van der Waals surface area contributed by atoms with Crippen molar-refractivity contribution in [1.29, 1.82) is 0 Å². The van der Waals surface area contributed by atoms with Crippen molar-refractivity contribution in [1.82, 2.24) is 21.1 Å². The van der Waals surface area contributed by atoms with Crippen molar-refractivity contribution >= 4 is 22.7 Å². The molecule has 4 N–H and O–H groups in total. The van der Waals surface area contributed by atoms with Gasteiger partial charge in [0.15, 0.2) is 0 Å². The van der Waals surface area contributed by atoms with E-state index in [4.69, 9.17) is 9.94 Å². The van der Waals surface area contributed by atoms with Gasteiger partial charge < -0.3 is 15.4 Å². The number of nitrogens with zero attached hydrogens (tertiary/aromatic N) is 1. The van der Waals surface area contributed by atoms with Gasteiger partial charge in [0.2, 0.25) is 5.91 Å². The lowest BCUT2D eigenvalue weighted by molar-refractivity contribution is -0.130. The quantitative estimate of drug-likeness (QED) is 0.293. The van der Waals surface area contributed by atoms with Crippen LogP contribution in [0.1, 0.15) is 48.3 Å². The van der Waals surface area contributed by atoms with Gasteiger partial charge in [-0.05, 0) is 69.2 Å². The van der Waals surface area contributed by atoms with Crippen LogP contribution in [0.2, 0.25) is 0 Å². The van der Waals surface area contributed by atoms with E-state index < -0.39 is 11.4 Å². The Balaban J connectivity index is 1.38. The summed E-state index contributed by atoms with van der Waals surface area (Å²) in [6.45, 7) is 6.95. The van der Waals surface area contributed by atoms with E-state index in [1.54, 1.807) is 29.7 Å². The minimum Gasteiger partial charge on any atom is -0.493 e. The fourth-order valence-corrected chi connectivity index (χ4v) is 4.88. The van der Waals surface area contributed by atoms with Crippen LogP contribution in [0.3, 0.4) is 0 Å². The molecule has 8 nitrogen and oxygen atoms in total. The number of hydrogen-bond donors (Lipinski definition) is 4. The fourth-order valence-electron chi connectivity index (χ4n) is 4.88. The third-order valence-corrected chi connectivity index (χ3v) is 6.37. The van der Waals surface area contributed by atoms with Crippen molar-refractivity contribution in [3.05, 3.63) is 71.4 Å². The van der Waals surface area contributed by atoms with Gasteiger partial charge in [0.25, 0.3) is 5.91 Å². The van der Waals surface area contributed by atoms with E-state index in [1.807, 2.05) is 39.0 Å². The van der Waals surface area contributed by atoms with Crippen molar-refractivity contribution in [2.45, 2.75) is 51.1 Å². The first-order chi connectivity index (χ1) is 16.7. The minimum atomic E-state index is -0.784. The predicted molar refractivity (Wildman–Crippen MR) is 134 cm³/mol. The molecular weight excluding hydrogens is 444 g/mol. The van der Waals surface area contributed by atoms with Crippen molar-refractivity contribution in [2.24, 2.45) is 0 Å². The van der Waals surface area contributed by atoms with Crippen LogP contribution in [-0.4, -0.2) is 46.2 Å². The van der Waals surface area contributed by atoms with Crippen LogP contribution in [0.5, 0.6) is 5.75 Å². The molecule has 1 unspecified atom stereocenters. The number of pyridine rings is 1. The predicted octanol–water partition coefficient (Wildman–Crippen LogP) is 3.30. The molecule has 0 radical (unpaired) electrons. The van der Waals surface area contributed by atoms with Crippen LogP contribution in [0.25, 0.3) is 10.9 Å². The first-order valence-corrected chi connectivity index (χ1v) is 11.8. The molecule has 1 aliphatic heterocycles. The zero-order chi connectivity index (χ0) is 25.1. The van der Waals surface area contributed by atoms with Gasteiger partial charge >= 0.3 is 0 Å². The number of aryl methyl sites for hydroxylation is 1. The third-order valence-electron chi connectivity index (χ3n) is 6.37. The van der Waals surface area contributed by atoms with Gasteiger partial charge in [0.05, 0.1) is 24.1 Å². The second-order valence-corrected chi connectivity index (χ2v) is 9.92. The van der Waals surface area contributed by atoms with Gasteiger partial charge in [-0.1, -0.05) is 18.2 Å². The molecule has 184 valence electrons. The molecule has 0 saturated carbocycles. The smallest absolute Gasteiger partial charge is 0.251 e. The second kappa shape index (κ2) is 10.0. The Morgan fingerprint density at radius 3 is 2.57 bits per heavy atom. The summed E-state index contributed by atoms with van der Waals surface area (Å²) in [5.74, 6) is -0.138. The zero-order valence-corrected chi connectivity index (χ0v) is 20.4. The lowest BCUT2D eigenvalue weighted by atomic mass is 9.86. The molecule has 0 bridgehead atoms. The lowest BCUT2D eigenvalue weighted by Gasteiger charge is -2.30. The maximum Gasteiger partial charge on any atom is 0.251 e. The Morgan fingerprint density at radius 2 is 1.89 bits per heavy atom.